The quantitative estimate of drug-likeness (QED) is 0.787. The number of benzene rings is 1. The van der Waals surface area contributed by atoms with Gasteiger partial charge in [-0.2, -0.15) is 0 Å². The molecule has 0 radical (unpaired) electrons. The fraction of sp³-hybridized carbons (Fsp3) is 0.533. The number of nitrogens with zero attached hydrogens (tertiary/aromatic N) is 1. The largest absolute Gasteiger partial charge is 0.480 e. The third-order valence-electron chi connectivity index (χ3n) is 3.20. The smallest absolute Gasteiger partial charge is 0.320 e. The standard InChI is InChI=1S/C15H22FNO2/c1-3-9-17(14(4-2)15(18)19)10-8-12-6-5-7-13(16)11-12/h5-7,11,14H,3-4,8-10H2,1-2H3,(H,18,19). The number of aliphatic carboxylic acids is 1. The van der Waals surface area contributed by atoms with Crippen LogP contribution in [0, 0.1) is 5.82 Å². The predicted molar refractivity (Wildman–Crippen MR) is 73.7 cm³/mol. The van der Waals surface area contributed by atoms with Crippen LogP contribution in [0.25, 0.3) is 0 Å². The van der Waals surface area contributed by atoms with Crippen LogP contribution in [0.5, 0.6) is 0 Å². The Morgan fingerprint density at radius 3 is 2.63 bits per heavy atom. The van der Waals surface area contributed by atoms with E-state index in [9.17, 15) is 14.3 Å². The molecule has 0 aromatic heterocycles. The predicted octanol–water partition coefficient (Wildman–Crippen LogP) is 2.94. The second-order valence-corrected chi connectivity index (χ2v) is 4.68. The van der Waals surface area contributed by atoms with Gasteiger partial charge in [-0.15, -0.1) is 0 Å². The Hall–Kier alpha value is -1.42. The van der Waals surface area contributed by atoms with Gasteiger partial charge in [0.1, 0.15) is 11.9 Å². The van der Waals surface area contributed by atoms with E-state index in [1.54, 1.807) is 6.07 Å². The molecule has 0 amide bonds. The molecule has 106 valence electrons. The van der Waals surface area contributed by atoms with Crippen molar-refractivity contribution < 1.29 is 14.3 Å². The van der Waals surface area contributed by atoms with Crippen molar-refractivity contribution in [3.05, 3.63) is 35.6 Å². The molecule has 0 aliphatic rings. The molecule has 19 heavy (non-hydrogen) atoms. The van der Waals surface area contributed by atoms with E-state index < -0.39 is 12.0 Å². The first kappa shape index (κ1) is 15.6. The summed E-state index contributed by atoms with van der Waals surface area (Å²) < 4.78 is 13.1. The molecule has 1 rings (SSSR count). The van der Waals surface area contributed by atoms with Crippen molar-refractivity contribution >= 4 is 5.97 Å². The van der Waals surface area contributed by atoms with E-state index in [1.807, 2.05) is 24.8 Å². The molecule has 0 aliphatic carbocycles. The molecule has 4 heteroatoms. The minimum Gasteiger partial charge on any atom is -0.480 e. The number of carboxylic acids is 1. The first-order chi connectivity index (χ1) is 9.08. The summed E-state index contributed by atoms with van der Waals surface area (Å²) in [4.78, 5) is 13.2. The van der Waals surface area contributed by atoms with Crippen LogP contribution in [0.2, 0.25) is 0 Å². The SMILES string of the molecule is CCCN(CCc1cccc(F)c1)C(CC)C(=O)O. The van der Waals surface area contributed by atoms with Gasteiger partial charge in [0.15, 0.2) is 0 Å². The second kappa shape index (κ2) is 7.89. The highest BCUT2D eigenvalue weighted by Crippen LogP contribution is 2.10. The van der Waals surface area contributed by atoms with Crippen LogP contribution < -0.4 is 0 Å². The van der Waals surface area contributed by atoms with E-state index in [2.05, 4.69) is 0 Å². The van der Waals surface area contributed by atoms with Gasteiger partial charge in [-0.05, 0) is 43.5 Å². The van der Waals surface area contributed by atoms with Crippen molar-refractivity contribution in [3.8, 4) is 0 Å². The van der Waals surface area contributed by atoms with E-state index in [0.717, 1.165) is 18.5 Å². The normalized spacial score (nSPS) is 12.6. The fourth-order valence-corrected chi connectivity index (χ4v) is 2.26. The van der Waals surface area contributed by atoms with Crippen molar-refractivity contribution in [3.63, 3.8) is 0 Å². The van der Waals surface area contributed by atoms with E-state index in [1.165, 1.54) is 12.1 Å². The Morgan fingerprint density at radius 1 is 1.37 bits per heavy atom. The molecule has 1 atom stereocenters. The number of carboxylic acid groups (broad SMARTS) is 1. The van der Waals surface area contributed by atoms with Gasteiger partial charge >= 0.3 is 5.97 Å². The van der Waals surface area contributed by atoms with E-state index in [-0.39, 0.29) is 5.82 Å². The summed E-state index contributed by atoms with van der Waals surface area (Å²) in [6, 6.07) is 6.03. The van der Waals surface area contributed by atoms with Crippen LogP contribution in [0.15, 0.2) is 24.3 Å². The van der Waals surface area contributed by atoms with Crippen molar-refractivity contribution in [2.75, 3.05) is 13.1 Å². The molecular weight excluding hydrogens is 245 g/mol. The van der Waals surface area contributed by atoms with Crippen molar-refractivity contribution in [1.29, 1.82) is 0 Å². The third kappa shape index (κ3) is 4.99. The maximum atomic E-state index is 13.1. The lowest BCUT2D eigenvalue weighted by atomic mass is 10.1. The third-order valence-corrected chi connectivity index (χ3v) is 3.20. The van der Waals surface area contributed by atoms with Gasteiger partial charge in [0.05, 0.1) is 0 Å². The van der Waals surface area contributed by atoms with E-state index in [0.29, 0.717) is 19.4 Å². The molecule has 0 heterocycles. The summed E-state index contributed by atoms with van der Waals surface area (Å²) >= 11 is 0. The molecule has 3 nitrogen and oxygen atoms in total. The topological polar surface area (TPSA) is 40.5 Å². The minimum absolute atomic E-state index is 0.246. The number of rotatable bonds is 8. The summed E-state index contributed by atoms with van der Waals surface area (Å²) in [6.45, 7) is 5.30. The van der Waals surface area contributed by atoms with Gasteiger partial charge in [-0.1, -0.05) is 26.0 Å². The van der Waals surface area contributed by atoms with Crippen LogP contribution in [0.3, 0.4) is 0 Å². The lowest BCUT2D eigenvalue weighted by Crippen LogP contribution is -2.42. The Kier molecular flexibility index (Phi) is 6.50. The molecular formula is C15H22FNO2. The molecule has 1 unspecified atom stereocenters. The maximum absolute atomic E-state index is 13.1. The highest BCUT2D eigenvalue weighted by atomic mass is 19.1. The summed E-state index contributed by atoms with van der Waals surface area (Å²) in [5, 5.41) is 9.21. The van der Waals surface area contributed by atoms with E-state index in [4.69, 9.17) is 0 Å². The van der Waals surface area contributed by atoms with Gasteiger partial charge in [0.25, 0.3) is 0 Å². The first-order valence-corrected chi connectivity index (χ1v) is 6.79. The van der Waals surface area contributed by atoms with Gasteiger partial charge in [0, 0.05) is 6.54 Å². The van der Waals surface area contributed by atoms with Crippen LogP contribution in [0.1, 0.15) is 32.3 Å². The average molecular weight is 267 g/mol. The zero-order chi connectivity index (χ0) is 14.3. The fourth-order valence-electron chi connectivity index (χ4n) is 2.26. The highest BCUT2D eigenvalue weighted by Gasteiger charge is 2.22. The Bertz CT molecular complexity index is 409. The van der Waals surface area contributed by atoms with E-state index >= 15 is 0 Å². The molecule has 1 N–H and O–H groups in total. The molecule has 0 saturated carbocycles. The monoisotopic (exact) mass is 267 g/mol. The number of hydrogen-bond donors (Lipinski definition) is 1. The zero-order valence-electron chi connectivity index (χ0n) is 11.6. The highest BCUT2D eigenvalue weighted by molar-refractivity contribution is 5.73. The van der Waals surface area contributed by atoms with Gasteiger partial charge < -0.3 is 5.11 Å². The Labute approximate surface area is 114 Å². The Balaban J connectivity index is 2.65. The van der Waals surface area contributed by atoms with Gasteiger partial charge in [0.2, 0.25) is 0 Å². The van der Waals surface area contributed by atoms with Crippen molar-refractivity contribution in [2.24, 2.45) is 0 Å². The number of hydrogen-bond acceptors (Lipinski definition) is 2. The molecule has 0 fully saturated rings. The molecule has 0 bridgehead atoms. The average Bonchev–Trinajstić information content (AvgIpc) is 2.36. The molecule has 1 aromatic carbocycles. The van der Waals surface area contributed by atoms with Crippen LogP contribution in [0.4, 0.5) is 4.39 Å². The second-order valence-electron chi connectivity index (χ2n) is 4.68. The van der Waals surface area contributed by atoms with Crippen LogP contribution in [-0.4, -0.2) is 35.1 Å². The number of halogens is 1. The summed E-state index contributed by atoms with van der Waals surface area (Å²) in [5.41, 5.74) is 0.904. The van der Waals surface area contributed by atoms with Gasteiger partial charge in [-0.3, -0.25) is 9.69 Å². The van der Waals surface area contributed by atoms with Crippen molar-refractivity contribution in [2.45, 2.75) is 39.2 Å². The summed E-state index contributed by atoms with van der Waals surface area (Å²) in [5.74, 6) is -1.03. The van der Waals surface area contributed by atoms with Crippen LogP contribution in [-0.2, 0) is 11.2 Å². The lowest BCUT2D eigenvalue weighted by Gasteiger charge is -2.27. The minimum atomic E-state index is -0.782. The van der Waals surface area contributed by atoms with Crippen LogP contribution >= 0.6 is 0 Å². The zero-order valence-corrected chi connectivity index (χ0v) is 11.6. The molecule has 0 spiro atoms. The molecule has 0 saturated heterocycles. The Morgan fingerprint density at radius 2 is 2.11 bits per heavy atom. The first-order valence-electron chi connectivity index (χ1n) is 6.79. The molecule has 1 aromatic rings. The maximum Gasteiger partial charge on any atom is 0.320 e. The van der Waals surface area contributed by atoms with Gasteiger partial charge in [-0.25, -0.2) is 4.39 Å². The molecule has 0 aliphatic heterocycles. The summed E-state index contributed by atoms with van der Waals surface area (Å²) in [7, 11) is 0. The number of carbonyl (C=O) groups is 1. The summed E-state index contributed by atoms with van der Waals surface area (Å²) in [6.07, 6.45) is 2.16. The lowest BCUT2D eigenvalue weighted by molar-refractivity contribution is -0.143. The van der Waals surface area contributed by atoms with Crippen molar-refractivity contribution in [1.82, 2.24) is 4.90 Å².